The van der Waals surface area contributed by atoms with Crippen molar-refractivity contribution in [3.8, 4) is 0 Å². The van der Waals surface area contributed by atoms with E-state index in [1.807, 2.05) is 6.92 Å². The number of rotatable bonds is 7. The first kappa shape index (κ1) is 19.6. The number of hydrogen-bond acceptors (Lipinski definition) is 5. The van der Waals surface area contributed by atoms with E-state index in [0.29, 0.717) is 13.0 Å². The Morgan fingerprint density at radius 1 is 1.12 bits per heavy atom. The van der Waals surface area contributed by atoms with E-state index in [0.717, 1.165) is 24.3 Å². The number of furan rings is 1. The lowest BCUT2D eigenvalue weighted by molar-refractivity contribution is -0.139. The highest BCUT2D eigenvalue weighted by Gasteiger charge is 2.32. The lowest BCUT2D eigenvalue weighted by atomic mass is 10.3. The van der Waals surface area contributed by atoms with Gasteiger partial charge in [-0.05, 0) is 42.8 Å². The van der Waals surface area contributed by atoms with E-state index in [9.17, 15) is 22.4 Å². The first-order chi connectivity index (χ1) is 12.4. The molecular weight excluding hydrogens is 363 g/mol. The molecule has 0 fully saturated rings. The van der Waals surface area contributed by atoms with Crippen molar-refractivity contribution < 1.29 is 26.8 Å². The summed E-state index contributed by atoms with van der Waals surface area (Å²) in [5.41, 5.74) is 0. The van der Waals surface area contributed by atoms with Crippen molar-refractivity contribution in [1.82, 2.24) is 10.6 Å². The zero-order chi connectivity index (χ0) is 19.2. The largest absolute Gasteiger partial charge is 0.468 e. The highest BCUT2D eigenvalue weighted by Crippen LogP contribution is 2.29. The minimum absolute atomic E-state index is 0.101. The number of sulfone groups is 1. The van der Waals surface area contributed by atoms with Gasteiger partial charge in [0.15, 0.2) is 9.84 Å². The van der Waals surface area contributed by atoms with E-state index >= 15 is 0 Å². The number of carbonyl (C=O) groups is 2. The van der Waals surface area contributed by atoms with Crippen LogP contribution in [0.3, 0.4) is 0 Å². The van der Waals surface area contributed by atoms with Gasteiger partial charge in [0.2, 0.25) is 0 Å². The number of hydrogen-bond donors (Lipinski definition) is 2. The Balaban J connectivity index is 2.21. The van der Waals surface area contributed by atoms with Crippen molar-refractivity contribution in [2.75, 3.05) is 13.1 Å². The zero-order valence-corrected chi connectivity index (χ0v) is 14.9. The SMILES string of the molecule is CCCNC(=O)C(=O)NC[C@@H](c1ccco1)S(=O)(=O)c1ccc(F)cc1. The summed E-state index contributed by atoms with van der Waals surface area (Å²) < 4.78 is 44.0. The Labute approximate surface area is 150 Å². The van der Waals surface area contributed by atoms with Crippen molar-refractivity contribution in [2.45, 2.75) is 23.5 Å². The summed E-state index contributed by atoms with van der Waals surface area (Å²) in [6.45, 7) is 1.80. The second-order valence-corrected chi connectivity index (χ2v) is 7.60. The fraction of sp³-hybridized carbons (Fsp3) is 0.294. The molecule has 140 valence electrons. The van der Waals surface area contributed by atoms with Crippen LogP contribution in [0.25, 0.3) is 0 Å². The number of carbonyl (C=O) groups excluding carboxylic acids is 2. The standard InChI is InChI=1S/C17H19FN2O5S/c1-2-9-19-16(21)17(22)20-11-15(14-4-3-10-25-14)26(23,24)13-7-5-12(18)6-8-13/h3-8,10,15H,2,9,11H2,1H3,(H,19,21)(H,20,22)/t15-/m0/s1. The summed E-state index contributed by atoms with van der Waals surface area (Å²) in [5, 5.41) is 3.45. The fourth-order valence-electron chi connectivity index (χ4n) is 2.21. The fourth-order valence-corrected chi connectivity index (χ4v) is 3.80. The molecule has 2 rings (SSSR count). The van der Waals surface area contributed by atoms with Gasteiger partial charge in [0, 0.05) is 13.1 Å². The molecule has 0 unspecified atom stereocenters. The van der Waals surface area contributed by atoms with Gasteiger partial charge in [-0.1, -0.05) is 6.92 Å². The van der Waals surface area contributed by atoms with Crippen LogP contribution in [0.2, 0.25) is 0 Å². The van der Waals surface area contributed by atoms with Crippen LogP contribution in [0.4, 0.5) is 4.39 Å². The molecule has 1 aromatic carbocycles. The van der Waals surface area contributed by atoms with Crippen molar-refractivity contribution in [2.24, 2.45) is 0 Å². The van der Waals surface area contributed by atoms with Gasteiger partial charge in [-0.25, -0.2) is 12.8 Å². The lowest BCUT2D eigenvalue weighted by Crippen LogP contribution is -2.42. The van der Waals surface area contributed by atoms with E-state index in [-0.39, 0.29) is 17.2 Å². The molecule has 1 aromatic heterocycles. The first-order valence-corrected chi connectivity index (χ1v) is 9.49. The first-order valence-electron chi connectivity index (χ1n) is 7.95. The van der Waals surface area contributed by atoms with Crippen LogP contribution >= 0.6 is 0 Å². The normalized spacial score (nSPS) is 12.4. The number of halogens is 1. The van der Waals surface area contributed by atoms with Gasteiger partial charge in [0.1, 0.15) is 16.8 Å². The molecule has 2 aromatic rings. The van der Waals surface area contributed by atoms with Crippen molar-refractivity contribution in [3.63, 3.8) is 0 Å². The molecule has 7 nitrogen and oxygen atoms in total. The summed E-state index contributed by atoms with van der Waals surface area (Å²) in [6.07, 6.45) is 1.96. The zero-order valence-electron chi connectivity index (χ0n) is 14.1. The summed E-state index contributed by atoms with van der Waals surface area (Å²) in [5.74, 6) is -2.25. The van der Waals surface area contributed by atoms with Crippen LogP contribution in [-0.2, 0) is 19.4 Å². The molecule has 1 atom stereocenters. The van der Waals surface area contributed by atoms with E-state index in [2.05, 4.69) is 10.6 Å². The smallest absolute Gasteiger partial charge is 0.309 e. The molecule has 2 N–H and O–H groups in total. The maximum Gasteiger partial charge on any atom is 0.309 e. The van der Waals surface area contributed by atoms with Crippen LogP contribution in [-0.4, -0.2) is 33.3 Å². The van der Waals surface area contributed by atoms with Crippen LogP contribution < -0.4 is 10.6 Å². The maximum atomic E-state index is 13.1. The topological polar surface area (TPSA) is 105 Å². The van der Waals surface area contributed by atoms with Gasteiger partial charge in [-0.15, -0.1) is 0 Å². The third-order valence-corrected chi connectivity index (χ3v) is 5.64. The number of benzene rings is 1. The summed E-state index contributed by atoms with van der Waals surface area (Å²) >= 11 is 0. The molecule has 26 heavy (non-hydrogen) atoms. The van der Waals surface area contributed by atoms with Crippen LogP contribution in [0.15, 0.2) is 52.0 Å². The van der Waals surface area contributed by atoms with Gasteiger partial charge >= 0.3 is 11.8 Å². The molecule has 0 aliphatic rings. The van der Waals surface area contributed by atoms with E-state index in [1.165, 1.54) is 18.4 Å². The molecule has 9 heteroatoms. The Morgan fingerprint density at radius 2 is 1.77 bits per heavy atom. The van der Waals surface area contributed by atoms with Crippen LogP contribution in [0, 0.1) is 5.82 Å². The average molecular weight is 382 g/mol. The molecule has 0 spiro atoms. The third kappa shape index (κ3) is 4.69. The van der Waals surface area contributed by atoms with Gasteiger partial charge in [-0.3, -0.25) is 9.59 Å². The summed E-state index contributed by atoms with van der Waals surface area (Å²) in [4.78, 5) is 23.3. The maximum absolute atomic E-state index is 13.1. The van der Waals surface area contributed by atoms with Gasteiger partial charge in [-0.2, -0.15) is 0 Å². The molecule has 0 bridgehead atoms. The molecule has 1 heterocycles. The molecule has 0 saturated heterocycles. The van der Waals surface area contributed by atoms with Gasteiger partial charge < -0.3 is 15.1 Å². The molecule has 0 saturated carbocycles. The third-order valence-electron chi connectivity index (χ3n) is 3.57. The summed E-state index contributed by atoms with van der Waals surface area (Å²) in [7, 11) is -3.99. The predicted octanol–water partition coefficient (Wildman–Crippen LogP) is 1.58. The van der Waals surface area contributed by atoms with Crippen LogP contribution in [0.1, 0.15) is 24.4 Å². The molecule has 0 radical (unpaired) electrons. The highest BCUT2D eigenvalue weighted by molar-refractivity contribution is 7.91. The number of amides is 2. The van der Waals surface area contributed by atoms with Gasteiger partial charge in [0.25, 0.3) is 0 Å². The second-order valence-electron chi connectivity index (χ2n) is 5.47. The van der Waals surface area contributed by atoms with Gasteiger partial charge in [0.05, 0.1) is 11.2 Å². The van der Waals surface area contributed by atoms with E-state index in [4.69, 9.17) is 4.42 Å². The quantitative estimate of drug-likeness (QED) is 0.559. The molecular formula is C17H19FN2O5S. The Hall–Kier alpha value is -2.68. The molecule has 0 aliphatic heterocycles. The Bertz CT molecular complexity index is 848. The summed E-state index contributed by atoms with van der Waals surface area (Å²) in [6, 6.07) is 7.30. The predicted molar refractivity (Wildman–Crippen MR) is 91.3 cm³/mol. The molecule has 0 aliphatic carbocycles. The Morgan fingerprint density at radius 3 is 2.35 bits per heavy atom. The van der Waals surface area contributed by atoms with Crippen molar-refractivity contribution >= 4 is 21.7 Å². The minimum atomic E-state index is -3.99. The average Bonchev–Trinajstić information content (AvgIpc) is 3.14. The van der Waals surface area contributed by atoms with Crippen molar-refractivity contribution in [1.29, 1.82) is 0 Å². The number of nitrogens with one attached hydrogen (secondary N) is 2. The van der Waals surface area contributed by atoms with E-state index < -0.39 is 32.7 Å². The highest BCUT2D eigenvalue weighted by atomic mass is 32.2. The lowest BCUT2D eigenvalue weighted by Gasteiger charge is -2.16. The monoisotopic (exact) mass is 382 g/mol. The Kier molecular flexibility index (Phi) is 6.51. The van der Waals surface area contributed by atoms with E-state index in [1.54, 1.807) is 0 Å². The molecule has 2 amide bonds. The van der Waals surface area contributed by atoms with Crippen LogP contribution in [0.5, 0.6) is 0 Å². The second kappa shape index (κ2) is 8.61. The van der Waals surface area contributed by atoms with Crippen molar-refractivity contribution in [3.05, 3.63) is 54.2 Å². The minimum Gasteiger partial charge on any atom is -0.468 e.